The SMILES string of the molecule is CON=C(C(=O)N[C@@H]1C(=O)N(S(=O)(=O)[O-])[C@H]1SC)c1csc(NC(=O)CCl)n1.[Na+]. The third kappa shape index (κ3) is 6.04. The van der Waals surface area contributed by atoms with Gasteiger partial charge in [-0.3, -0.25) is 14.4 Å². The van der Waals surface area contributed by atoms with Crippen LogP contribution in [0.15, 0.2) is 10.5 Å². The Morgan fingerprint density at radius 3 is 2.69 bits per heavy atom. The molecule has 17 heteroatoms. The first kappa shape index (κ1) is 26.1. The minimum absolute atomic E-state index is 0. The molecule has 29 heavy (non-hydrogen) atoms. The van der Waals surface area contributed by atoms with Gasteiger partial charge in [-0.2, -0.15) is 0 Å². The zero-order valence-electron chi connectivity index (χ0n) is 15.2. The van der Waals surface area contributed by atoms with Gasteiger partial charge in [0, 0.05) is 5.38 Å². The van der Waals surface area contributed by atoms with Crippen molar-refractivity contribution in [2.45, 2.75) is 11.4 Å². The zero-order valence-corrected chi connectivity index (χ0v) is 20.4. The number of rotatable bonds is 8. The Balaban J connectivity index is 0.00000420. The van der Waals surface area contributed by atoms with Gasteiger partial charge in [0.25, 0.3) is 11.8 Å². The van der Waals surface area contributed by atoms with Gasteiger partial charge in [-0.05, 0) is 6.26 Å². The van der Waals surface area contributed by atoms with Gasteiger partial charge in [-0.1, -0.05) is 5.16 Å². The molecule has 1 aliphatic rings. The number of thiazole rings is 1. The normalized spacial score (nSPS) is 19.1. The molecular formula is C12H13ClN5NaO7S3. The summed E-state index contributed by atoms with van der Waals surface area (Å²) in [4.78, 5) is 44.4. The van der Waals surface area contributed by atoms with E-state index in [1.54, 1.807) is 0 Å². The average molecular weight is 494 g/mol. The molecule has 0 bridgehead atoms. The monoisotopic (exact) mass is 493 g/mol. The number of amides is 3. The second-order valence-corrected chi connectivity index (χ2v) is 8.34. The number of halogens is 1. The zero-order chi connectivity index (χ0) is 21.1. The number of hydrogen-bond acceptors (Lipinski definition) is 11. The molecule has 12 nitrogen and oxygen atoms in total. The summed E-state index contributed by atoms with van der Waals surface area (Å²) in [5.74, 6) is -2.73. The van der Waals surface area contributed by atoms with Gasteiger partial charge in [0.05, 0.1) is 0 Å². The van der Waals surface area contributed by atoms with E-state index in [1.807, 2.05) is 0 Å². The third-order valence-corrected chi connectivity index (χ3v) is 6.27. The molecule has 0 spiro atoms. The van der Waals surface area contributed by atoms with E-state index in [0.717, 1.165) is 23.1 Å². The second-order valence-electron chi connectivity index (χ2n) is 5.01. The largest absolute Gasteiger partial charge is 1.00 e. The Bertz CT molecular complexity index is 925. The van der Waals surface area contributed by atoms with Crippen molar-refractivity contribution in [1.29, 1.82) is 0 Å². The number of β-lactam (4-membered cyclic amide) rings is 1. The number of alkyl halides is 1. The summed E-state index contributed by atoms with van der Waals surface area (Å²) in [5.41, 5.74) is -0.281. The van der Waals surface area contributed by atoms with Crippen molar-refractivity contribution in [2.75, 3.05) is 24.6 Å². The molecule has 2 rings (SSSR count). The van der Waals surface area contributed by atoms with E-state index in [1.165, 1.54) is 18.7 Å². The van der Waals surface area contributed by atoms with E-state index in [2.05, 4.69) is 25.6 Å². The minimum atomic E-state index is -4.99. The van der Waals surface area contributed by atoms with Crippen LogP contribution in [-0.4, -0.2) is 76.4 Å². The van der Waals surface area contributed by atoms with Crippen molar-refractivity contribution in [3.63, 3.8) is 0 Å². The average Bonchev–Trinajstić information content (AvgIpc) is 3.08. The predicted octanol–water partition coefficient (Wildman–Crippen LogP) is -3.85. The molecule has 2 N–H and O–H groups in total. The van der Waals surface area contributed by atoms with Gasteiger partial charge < -0.3 is 20.0 Å². The van der Waals surface area contributed by atoms with Crippen LogP contribution in [0.25, 0.3) is 0 Å². The smallest absolute Gasteiger partial charge is 0.731 e. The third-order valence-electron chi connectivity index (χ3n) is 3.28. The number of carbonyl (C=O) groups is 3. The number of carbonyl (C=O) groups excluding carboxylic acids is 3. The van der Waals surface area contributed by atoms with Gasteiger partial charge in [0.1, 0.15) is 30.1 Å². The maximum atomic E-state index is 12.5. The molecule has 0 aliphatic carbocycles. The Morgan fingerprint density at radius 2 is 2.17 bits per heavy atom. The Hall–Kier alpha value is -0.940. The van der Waals surface area contributed by atoms with E-state index in [4.69, 9.17) is 11.6 Å². The molecule has 2 atom stereocenters. The fourth-order valence-corrected chi connectivity index (χ4v) is 4.95. The van der Waals surface area contributed by atoms with Crippen LogP contribution in [0.5, 0.6) is 0 Å². The summed E-state index contributed by atoms with van der Waals surface area (Å²) < 4.78 is 33.5. The van der Waals surface area contributed by atoms with Crippen molar-refractivity contribution in [2.24, 2.45) is 5.16 Å². The number of hydrogen-bond donors (Lipinski definition) is 2. The van der Waals surface area contributed by atoms with Gasteiger partial charge >= 0.3 is 29.6 Å². The number of thioether (sulfide) groups is 1. The molecule has 1 saturated heterocycles. The molecule has 2 heterocycles. The molecule has 3 amide bonds. The molecule has 1 aliphatic heterocycles. The fraction of sp³-hybridized carbons (Fsp3) is 0.417. The molecule has 154 valence electrons. The summed E-state index contributed by atoms with van der Waals surface area (Å²) in [6, 6.07) is -1.25. The molecule has 0 saturated carbocycles. The van der Waals surface area contributed by atoms with Crippen LogP contribution < -0.4 is 40.2 Å². The molecule has 1 aromatic heterocycles. The summed E-state index contributed by atoms with van der Waals surface area (Å²) in [6.45, 7) is 0. The molecule has 0 aromatic carbocycles. The van der Waals surface area contributed by atoms with E-state index in [-0.39, 0.29) is 56.3 Å². The fourth-order valence-electron chi connectivity index (χ4n) is 2.14. The van der Waals surface area contributed by atoms with Gasteiger partial charge in [-0.25, -0.2) is 17.7 Å². The van der Waals surface area contributed by atoms with Crippen LogP contribution in [0.1, 0.15) is 5.69 Å². The van der Waals surface area contributed by atoms with E-state index in [9.17, 15) is 27.4 Å². The van der Waals surface area contributed by atoms with Crippen LogP contribution in [0.2, 0.25) is 0 Å². The second kappa shape index (κ2) is 10.9. The first-order valence-corrected chi connectivity index (χ1v) is 11.3. The number of nitrogens with zero attached hydrogens (tertiary/aromatic N) is 3. The van der Waals surface area contributed by atoms with Gasteiger partial charge in [0.15, 0.2) is 21.1 Å². The molecule has 0 radical (unpaired) electrons. The van der Waals surface area contributed by atoms with E-state index < -0.39 is 39.4 Å². The number of aromatic nitrogens is 1. The molecule has 0 unspecified atom stereocenters. The maximum absolute atomic E-state index is 12.5. The first-order chi connectivity index (χ1) is 13.1. The number of oxime groups is 1. The molecular weight excluding hydrogens is 481 g/mol. The summed E-state index contributed by atoms with van der Waals surface area (Å²) in [5, 5.41) is 8.74. The van der Waals surface area contributed by atoms with Gasteiger partial charge in [-0.15, -0.1) is 34.7 Å². The predicted molar refractivity (Wildman–Crippen MR) is 101 cm³/mol. The van der Waals surface area contributed by atoms with Crippen molar-refractivity contribution in [3.8, 4) is 0 Å². The summed E-state index contributed by atoms with van der Waals surface area (Å²) >= 11 is 7.29. The van der Waals surface area contributed by atoms with E-state index >= 15 is 0 Å². The van der Waals surface area contributed by atoms with Crippen LogP contribution in [-0.2, 0) is 29.5 Å². The van der Waals surface area contributed by atoms with Crippen LogP contribution in [0.3, 0.4) is 0 Å². The van der Waals surface area contributed by atoms with Crippen LogP contribution in [0.4, 0.5) is 5.13 Å². The molecule has 1 aromatic rings. The maximum Gasteiger partial charge on any atom is 1.00 e. The Kier molecular flexibility index (Phi) is 9.81. The summed E-state index contributed by atoms with van der Waals surface area (Å²) in [6.07, 6.45) is 1.48. The van der Waals surface area contributed by atoms with Gasteiger partial charge in [0.2, 0.25) is 5.91 Å². The first-order valence-electron chi connectivity index (χ1n) is 7.19. The van der Waals surface area contributed by atoms with Crippen LogP contribution in [0, 0.1) is 0 Å². The molecule has 1 fully saturated rings. The van der Waals surface area contributed by atoms with Crippen molar-refractivity contribution < 1.29 is 61.7 Å². The topological polar surface area (TPSA) is 170 Å². The minimum Gasteiger partial charge on any atom is -0.731 e. The van der Waals surface area contributed by atoms with Crippen molar-refractivity contribution in [1.82, 2.24) is 14.6 Å². The van der Waals surface area contributed by atoms with E-state index in [0.29, 0.717) is 0 Å². The van der Waals surface area contributed by atoms with Crippen molar-refractivity contribution >= 4 is 73.6 Å². The standard InChI is InChI=1S/C12H14ClN5O7S3.Na/c1-25-17-7(5-4-27-12(14-5)15-6(19)3-13)9(20)16-8-10(21)18(11(8)26-2)28(22,23)24;/h4,8,11H,3H2,1-2H3,(H,16,20)(H,14,15,19)(H,22,23,24);/q;+1/p-1/t8-,11+;/m1./s1. The number of anilines is 1. The Morgan fingerprint density at radius 1 is 1.52 bits per heavy atom. The van der Waals surface area contributed by atoms with Crippen LogP contribution >= 0.6 is 34.7 Å². The summed E-state index contributed by atoms with van der Waals surface area (Å²) in [7, 11) is -3.81. The van der Waals surface area contributed by atoms with Crippen molar-refractivity contribution in [3.05, 3.63) is 11.1 Å². The quantitative estimate of drug-likeness (QED) is 0.0918. The Labute approximate surface area is 200 Å². The number of nitrogens with one attached hydrogen (secondary N) is 2.